The zero-order chi connectivity index (χ0) is 17.4. The summed E-state index contributed by atoms with van der Waals surface area (Å²) in [6.07, 6.45) is -0.176. The molecule has 0 N–H and O–H groups in total. The number of benzene rings is 1. The summed E-state index contributed by atoms with van der Waals surface area (Å²) in [7, 11) is 0. The fraction of sp³-hybridized carbons (Fsp3) is 0.375. The summed E-state index contributed by atoms with van der Waals surface area (Å²) in [5, 5.41) is 0.552. The molecule has 0 aliphatic heterocycles. The highest BCUT2D eigenvalue weighted by molar-refractivity contribution is 6.40. The SMILES string of the molecule is CC#CC(CC)OC(=O)CCC(=O)Oc1c(Cl)cc(Cl)cc1Cl. The summed E-state index contributed by atoms with van der Waals surface area (Å²) in [5.74, 6) is 4.27. The molecule has 1 unspecified atom stereocenters. The van der Waals surface area contributed by atoms with Crippen molar-refractivity contribution in [1.82, 2.24) is 0 Å². The lowest BCUT2D eigenvalue weighted by Crippen LogP contribution is -2.18. The minimum absolute atomic E-state index is 0.0133. The second-order valence-corrected chi connectivity index (χ2v) is 5.70. The van der Waals surface area contributed by atoms with Gasteiger partial charge in [-0.3, -0.25) is 9.59 Å². The molecular weight excluding hydrogens is 363 g/mol. The van der Waals surface area contributed by atoms with E-state index in [2.05, 4.69) is 11.8 Å². The van der Waals surface area contributed by atoms with Crippen LogP contribution in [-0.2, 0) is 14.3 Å². The lowest BCUT2D eigenvalue weighted by Gasteiger charge is -2.11. The van der Waals surface area contributed by atoms with Crippen LogP contribution >= 0.6 is 34.8 Å². The number of halogens is 3. The van der Waals surface area contributed by atoms with E-state index in [1.165, 1.54) is 12.1 Å². The maximum atomic E-state index is 11.8. The molecule has 0 aromatic heterocycles. The first-order valence-corrected chi connectivity index (χ1v) is 7.97. The second kappa shape index (κ2) is 9.67. The van der Waals surface area contributed by atoms with Gasteiger partial charge in [-0.05, 0) is 25.5 Å². The van der Waals surface area contributed by atoms with Crippen molar-refractivity contribution in [3.63, 3.8) is 0 Å². The maximum Gasteiger partial charge on any atom is 0.311 e. The van der Waals surface area contributed by atoms with Gasteiger partial charge < -0.3 is 9.47 Å². The molecule has 0 fully saturated rings. The molecule has 1 rings (SSSR count). The predicted octanol–water partition coefficient (Wildman–Crippen LogP) is 4.68. The maximum absolute atomic E-state index is 11.8. The van der Waals surface area contributed by atoms with Crippen LogP contribution in [0.2, 0.25) is 15.1 Å². The molecule has 0 aliphatic rings. The first-order valence-electron chi connectivity index (χ1n) is 6.84. The standard InChI is InChI=1S/C16H15Cl3O4/c1-3-5-11(4-2)22-14(20)6-7-15(21)23-16-12(18)8-10(17)9-13(16)19/h8-9,11H,4,6-7H2,1-2H3. The fourth-order valence-electron chi connectivity index (χ4n) is 1.59. The Morgan fingerprint density at radius 1 is 1.13 bits per heavy atom. The summed E-state index contributed by atoms with van der Waals surface area (Å²) in [4.78, 5) is 23.4. The highest BCUT2D eigenvalue weighted by Gasteiger charge is 2.16. The van der Waals surface area contributed by atoms with Gasteiger partial charge in [0.25, 0.3) is 0 Å². The smallest absolute Gasteiger partial charge is 0.311 e. The van der Waals surface area contributed by atoms with Crippen molar-refractivity contribution >= 4 is 46.7 Å². The van der Waals surface area contributed by atoms with Crippen molar-refractivity contribution in [3.8, 4) is 17.6 Å². The number of carbonyl (C=O) groups excluding carboxylic acids is 2. The molecule has 0 amide bonds. The van der Waals surface area contributed by atoms with Crippen LogP contribution in [0.1, 0.15) is 33.1 Å². The quantitative estimate of drug-likeness (QED) is 0.410. The minimum Gasteiger partial charge on any atom is -0.449 e. The highest BCUT2D eigenvalue weighted by atomic mass is 35.5. The van der Waals surface area contributed by atoms with Gasteiger partial charge in [0.05, 0.1) is 22.9 Å². The van der Waals surface area contributed by atoms with Crippen LogP contribution in [0, 0.1) is 11.8 Å². The molecule has 0 radical (unpaired) electrons. The van der Waals surface area contributed by atoms with Crippen molar-refractivity contribution in [2.45, 2.75) is 39.2 Å². The summed E-state index contributed by atoms with van der Waals surface area (Å²) in [6, 6.07) is 2.81. The largest absolute Gasteiger partial charge is 0.449 e. The zero-order valence-corrected chi connectivity index (χ0v) is 14.9. The normalized spacial score (nSPS) is 11.2. The zero-order valence-electron chi connectivity index (χ0n) is 12.6. The average molecular weight is 378 g/mol. The first-order chi connectivity index (χ1) is 10.9. The van der Waals surface area contributed by atoms with Gasteiger partial charge >= 0.3 is 11.9 Å². The molecule has 0 saturated carbocycles. The Kier molecular flexibility index (Phi) is 8.25. The van der Waals surface area contributed by atoms with Gasteiger partial charge in [-0.2, -0.15) is 0 Å². The van der Waals surface area contributed by atoms with Crippen molar-refractivity contribution in [1.29, 1.82) is 0 Å². The third-order valence-corrected chi connectivity index (χ3v) is 3.44. The topological polar surface area (TPSA) is 52.6 Å². The minimum atomic E-state index is -0.650. The third kappa shape index (κ3) is 6.70. The summed E-state index contributed by atoms with van der Waals surface area (Å²) in [5.41, 5.74) is 0. The Balaban J connectivity index is 2.54. The van der Waals surface area contributed by atoms with Crippen LogP contribution in [0.4, 0.5) is 0 Å². The average Bonchev–Trinajstić information content (AvgIpc) is 2.48. The van der Waals surface area contributed by atoms with Crippen LogP contribution in [-0.4, -0.2) is 18.0 Å². The molecule has 0 saturated heterocycles. The summed E-state index contributed by atoms with van der Waals surface area (Å²) in [6.45, 7) is 3.51. The number of carbonyl (C=O) groups is 2. The van der Waals surface area contributed by atoms with E-state index in [4.69, 9.17) is 44.3 Å². The third-order valence-electron chi connectivity index (χ3n) is 2.66. The molecule has 1 aromatic carbocycles. The number of hydrogen-bond acceptors (Lipinski definition) is 4. The van der Waals surface area contributed by atoms with Crippen molar-refractivity contribution in [3.05, 3.63) is 27.2 Å². The van der Waals surface area contributed by atoms with Crippen LogP contribution in [0.3, 0.4) is 0 Å². The first kappa shape index (κ1) is 19.6. The van der Waals surface area contributed by atoms with E-state index < -0.39 is 18.0 Å². The van der Waals surface area contributed by atoms with Crippen LogP contribution in [0.25, 0.3) is 0 Å². The highest BCUT2D eigenvalue weighted by Crippen LogP contribution is 2.36. The van der Waals surface area contributed by atoms with E-state index >= 15 is 0 Å². The van der Waals surface area contributed by atoms with E-state index in [-0.39, 0.29) is 28.6 Å². The van der Waals surface area contributed by atoms with E-state index in [0.29, 0.717) is 11.4 Å². The Labute approximate surface area is 150 Å². The molecule has 23 heavy (non-hydrogen) atoms. The monoisotopic (exact) mass is 376 g/mol. The predicted molar refractivity (Wildman–Crippen MR) is 90.0 cm³/mol. The molecule has 0 heterocycles. The number of esters is 2. The lowest BCUT2D eigenvalue weighted by molar-refractivity contribution is -0.149. The molecule has 1 atom stereocenters. The number of rotatable bonds is 6. The molecule has 0 bridgehead atoms. The van der Waals surface area contributed by atoms with E-state index in [0.717, 1.165) is 0 Å². The van der Waals surface area contributed by atoms with E-state index in [1.54, 1.807) is 6.92 Å². The van der Waals surface area contributed by atoms with Gasteiger partial charge in [0.1, 0.15) is 0 Å². The molecule has 1 aromatic rings. The van der Waals surface area contributed by atoms with Crippen molar-refractivity contribution in [2.75, 3.05) is 0 Å². The summed E-state index contributed by atoms with van der Waals surface area (Å²) >= 11 is 17.6. The lowest BCUT2D eigenvalue weighted by atomic mass is 10.2. The second-order valence-electron chi connectivity index (χ2n) is 4.45. The van der Waals surface area contributed by atoms with E-state index in [1.807, 2.05) is 6.92 Å². The van der Waals surface area contributed by atoms with Gasteiger partial charge in [-0.1, -0.05) is 47.6 Å². The van der Waals surface area contributed by atoms with Crippen molar-refractivity contribution < 1.29 is 19.1 Å². The fourth-order valence-corrected chi connectivity index (χ4v) is 2.48. The van der Waals surface area contributed by atoms with Gasteiger partial charge in [0, 0.05) is 5.02 Å². The Hall–Kier alpha value is -1.41. The molecular formula is C16H15Cl3O4. The molecule has 0 spiro atoms. The summed E-state index contributed by atoms with van der Waals surface area (Å²) < 4.78 is 10.2. The van der Waals surface area contributed by atoms with Gasteiger partial charge in [0.2, 0.25) is 0 Å². The van der Waals surface area contributed by atoms with Crippen LogP contribution in [0.15, 0.2) is 12.1 Å². The van der Waals surface area contributed by atoms with Crippen molar-refractivity contribution in [2.24, 2.45) is 0 Å². The van der Waals surface area contributed by atoms with Crippen LogP contribution in [0.5, 0.6) is 5.75 Å². The van der Waals surface area contributed by atoms with Gasteiger partial charge in [-0.25, -0.2) is 0 Å². The molecule has 4 nitrogen and oxygen atoms in total. The number of hydrogen-bond donors (Lipinski definition) is 0. The van der Waals surface area contributed by atoms with E-state index in [9.17, 15) is 9.59 Å². The molecule has 7 heteroatoms. The Morgan fingerprint density at radius 2 is 1.70 bits per heavy atom. The Morgan fingerprint density at radius 3 is 2.22 bits per heavy atom. The molecule has 0 aliphatic carbocycles. The van der Waals surface area contributed by atoms with Crippen LogP contribution < -0.4 is 4.74 Å². The Bertz CT molecular complexity index is 623. The van der Waals surface area contributed by atoms with Gasteiger partial charge in [0.15, 0.2) is 11.9 Å². The molecule has 124 valence electrons. The van der Waals surface area contributed by atoms with Gasteiger partial charge in [-0.15, -0.1) is 5.92 Å². The number of ether oxygens (including phenoxy) is 2.